The van der Waals surface area contributed by atoms with Crippen molar-refractivity contribution in [2.45, 2.75) is 45.6 Å². The van der Waals surface area contributed by atoms with Crippen LogP contribution in [0.4, 0.5) is 11.6 Å². The van der Waals surface area contributed by atoms with Crippen molar-refractivity contribution in [2.75, 3.05) is 17.2 Å². The van der Waals surface area contributed by atoms with E-state index in [1.165, 1.54) is 0 Å². The van der Waals surface area contributed by atoms with Crippen molar-refractivity contribution in [1.29, 1.82) is 0 Å². The second-order valence-corrected chi connectivity index (χ2v) is 4.98. The molecule has 0 spiro atoms. The highest BCUT2D eigenvalue weighted by atomic mass is 16.2. The summed E-state index contributed by atoms with van der Waals surface area (Å²) in [6.07, 6.45) is 2.54. The maximum Gasteiger partial charge on any atom is 0.249 e. The highest BCUT2D eigenvalue weighted by Gasteiger charge is 2.26. The minimum atomic E-state index is -0.429. The van der Waals surface area contributed by atoms with Crippen LogP contribution in [-0.2, 0) is 16.0 Å². The van der Waals surface area contributed by atoms with Gasteiger partial charge in [0, 0.05) is 25.5 Å². The van der Waals surface area contributed by atoms with E-state index in [4.69, 9.17) is 0 Å². The molecule has 2 rings (SSSR count). The van der Waals surface area contributed by atoms with Gasteiger partial charge in [-0.1, -0.05) is 13.8 Å². The van der Waals surface area contributed by atoms with Gasteiger partial charge in [-0.25, -0.2) is 9.97 Å². The topological polar surface area (TPSA) is 96.0 Å². The van der Waals surface area contributed by atoms with E-state index >= 15 is 0 Å². The summed E-state index contributed by atoms with van der Waals surface area (Å²) in [6, 6.07) is 1.36. The van der Waals surface area contributed by atoms with Crippen molar-refractivity contribution in [3.63, 3.8) is 0 Å². The number of carbonyl (C=O) groups is 2. The van der Waals surface area contributed by atoms with Gasteiger partial charge in [-0.3, -0.25) is 14.9 Å². The number of aryl methyl sites for hydroxylation is 1. The number of imide groups is 1. The average molecular weight is 291 g/mol. The van der Waals surface area contributed by atoms with Crippen LogP contribution >= 0.6 is 0 Å². The lowest BCUT2D eigenvalue weighted by Crippen LogP contribution is -2.47. The first-order valence-corrected chi connectivity index (χ1v) is 7.34. The predicted molar refractivity (Wildman–Crippen MR) is 80.0 cm³/mol. The van der Waals surface area contributed by atoms with E-state index in [-0.39, 0.29) is 11.8 Å². The molecule has 1 aromatic heterocycles. The number of amides is 2. The molecule has 0 radical (unpaired) electrons. The minimum Gasteiger partial charge on any atom is -0.370 e. The van der Waals surface area contributed by atoms with Gasteiger partial charge in [0.2, 0.25) is 11.8 Å². The zero-order valence-corrected chi connectivity index (χ0v) is 12.4. The minimum absolute atomic E-state index is 0.222. The summed E-state index contributed by atoms with van der Waals surface area (Å²) < 4.78 is 0. The SMILES string of the molecule is CCCNc1cc(NC2CCC(=O)NC2=O)nc(CC)n1. The van der Waals surface area contributed by atoms with E-state index in [2.05, 4.69) is 32.8 Å². The standard InChI is InChI=1S/C14H21N5O2/c1-3-7-15-11-8-12(18-10(4-2)17-11)16-9-5-6-13(20)19-14(9)21/h8-9H,3-7H2,1-2H3,(H,19,20,21)(H2,15,16,17,18). The van der Waals surface area contributed by atoms with Crippen LogP contribution in [0.1, 0.15) is 38.9 Å². The molecule has 21 heavy (non-hydrogen) atoms. The molecule has 1 atom stereocenters. The van der Waals surface area contributed by atoms with Gasteiger partial charge >= 0.3 is 0 Å². The van der Waals surface area contributed by atoms with Crippen molar-refractivity contribution < 1.29 is 9.59 Å². The lowest BCUT2D eigenvalue weighted by molar-refractivity contribution is -0.133. The molecule has 1 unspecified atom stereocenters. The molecule has 1 aliphatic rings. The number of aromatic nitrogens is 2. The van der Waals surface area contributed by atoms with Crippen molar-refractivity contribution >= 4 is 23.5 Å². The number of nitrogens with one attached hydrogen (secondary N) is 3. The van der Waals surface area contributed by atoms with Gasteiger partial charge in [-0.2, -0.15) is 0 Å². The van der Waals surface area contributed by atoms with E-state index in [0.29, 0.717) is 30.9 Å². The number of piperidine rings is 1. The predicted octanol–water partition coefficient (Wildman–Crippen LogP) is 1.08. The van der Waals surface area contributed by atoms with Crippen molar-refractivity contribution in [2.24, 2.45) is 0 Å². The largest absolute Gasteiger partial charge is 0.370 e. The number of hydrogen-bond acceptors (Lipinski definition) is 6. The number of nitrogens with zero attached hydrogens (tertiary/aromatic N) is 2. The quantitative estimate of drug-likeness (QED) is 0.679. The Hall–Kier alpha value is -2.18. The second kappa shape index (κ2) is 7.01. The first-order chi connectivity index (χ1) is 10.1. The molecule has 0 aliphatic carbocycles. The van der Waals surface area contributed by atoms with Gasteiger partial charge in [-0.15, -0.1) is 0 Å². The molecule has 114 valence electrons. The van der Waals surface area contributed by atoms with E-state index in [0.717, 1.165) is 18.8 Å². The molecule has 0 aromatic carbocycles. The Morgan fingerprint density at radius 3 is 2.71 bits per heavy atom. The Kier molecular flexibility index (Phi) is 5.08. The summed E-state index contributed by atoms with van der Waals surface area (Å²) in [5, 5.41) is 8.63. The van der Waals surface area contributed by atoms with Gasteiger partial charge in [0.15, 0.2) is 0 Å². The third-order valence-electron chi connectivity index (χ3n) is 3.21. The fourth-order valence-electron chi connectivity index (χ4n) is 2.08. The first kappa shape index (κ1) is 15.2. The fraction of sp³-hybridized carbons (Fsp3) is 0.571. The summed E-state index contributed by atoms with van der Waals surface area (Å²) in [5.74, 6) is 1.55. The summed E-state index contributed by atoms with van der Waals surface area (Å²) in [7, 11) is 0. The molecule has 1 fully saturated rings. The number of hydrogen-bond donors (Lipinski definition) is 3. The summed E-state index contributed by atoms with van der Waals surface area (Å²) in [6.45, 7) is 4.89. The van der Waals surface area contributed by atoms with Crippen LogP contribution in [-0.4, -0.2) is 34.4 Å². The molecule has 7 heteroatoms. The van der Waals surface area contributed by atoms with Gasteiger partial charge in [0.1, 0.15) is 23.5 Å². The lowest BCUT2D eigenvalue weighted by Gasteiger charge is -2.22. The smallest absolute Gasteiger partial charge is 0.249 e. The van der Waals surface area contributed by atoms with E-state index in [1.54, 1.807) is 6.07 Å². The van der Waals surface area contributed by atoms with Gasteiger partial charge in [0.25, 0.3) is 0 Å². The number of rotatable bonds is 6. The van der Waals surface area contributed by atoms with Crippen LogP contribution in [0.2, 0.25) is 0 Å². The Bertz CT molecular complexity index is 532. The molecule has 2 amide bonds. The lowest BCUT2D eigenvalue weighted by atomic mass is 10.1. The molecular formula is C14H21N5O2. The van der Waals surface area contributed by atoms with E-state index < -0.39 is 6.04 Å². The van der Waals surface area contributed by atoms with Crippen LogP contribution in [0.15, 0.2) is 6.07 Å². The Morgan fingerprint density at radius 2 is 2.05 bits per heavy atom. The Balaban J connectivity index is 2.11. The Labute approximate surface area is 123 Å². The highest BCUT2D eigenvalue weighted by molar-refractivity contribution is 6.01. The zero-order valence-electron chi connectivity index (χ0n) is 12.4. The monoisotopic (exact) mass is 291 g/mol. The van der Waals surface area contributed by atoms with Crippen LogP contribution < -0.4 is 16.0 Å². The fourth-order valence-corrected chi connectivity index (χ4v) is 2.08. The zero-order chi connectivity index (χ0) is 15.2. The Morgan fingerprint density at radius 1 is 1.29 bits per heavy atom. The number of carbonyl (C=O) groups excluding carboxylic acids is 2. The van der Waals surface area contributed by atoms with Crippen molar-refractivity contribution in [3.05, 3.63) is 11.9 Å². The van der Waals surface area contributed by atoms with Gasteiger partial charge in [-0.05, 0) is 12.8 Å². The second-order valence-electron chi connectivity index (χ2n) is 4.98. The molecule has 2 heterocycles. The summed E-state index contributed by atoms with van der Waals surface area (Å²) >= 11 is 0. The van der Waals surface area contributed by atoms with Crippen LogP contribution in [0.25, 0.3) is 0 Å². The molecule has 7 nitrogen and oxygen atoms in total. The molecule has 1 aliphatic heterocycles. The molecule has 0 saturated carbocycles. The van der Waals surface area contributed by atoms with Crippen LogP contribution in [0.5, 0.6) is 0 Å². The molecular weight excluding hydrogens is 270 g/mol. The van der Waals surface area contributed by atoms with Gasteiger partial charge < -0.3 is 10.6 Å². The van der Waals surface area contributed by atoms with E-state index in [9.17, 15) is 9.59 Å². The van der Waals surface area contributed by atoms with Crippen LogP contribution in [0.3, 0.4) is 0 Å². The maximum absolute atomic E-state index is 11.8. The summed E-state index contributed by atoms with van der Waals surface area (Å²) in [4.78, 5) is 31.7. The third-order valence-corrected chi connectivity index (χ3v) is 3.21. The van der Waals surface area contributed by atoms with Gasteiger partial charge in [0.05, 0.1) is 0 Å². The molecule has 3 N–H and O–H groups in total. The van der Waals surface area contributed by atoms with Crippen molar-refractivity contribution in [1.82, 2.24) is 15.3 Å². The van der Waals surface area contributed by atoms with Crippen molar-refractivity contribution in [3.8, 4) is 0 Å². The molecule has 1 saturated heterocycles. The average Bonchev–Trinajstić information content (AvgIpc) is 2.48. The molecule has 0 bridgehead atoms. The van der Waals surface area contributed by atoms with E-state index in [1.807, 2.05) is 6.92 Å². The third kappa shape index (κ3) is 4.14. The highest BCUT2D eigenvalue weighted by Crippen LogP contribution is 2.16. The van der Waals surface area contributed by atoms with Crippen LogP contribution in [0, 0.1) is 0 Å². The first-order valence-electron chi connectivity index (χ1n) is 7.34. The maximum atomic E-state index is 11.8. The number of anilines is 2. The molecule has 1 aromatic rings. The normalized spacial score (nSPS) is 18.3. The summed E-state index contributed by atoms with van der Waals surface area (Å²) in [5.41, 5.74) is 0.